The summed E-state index contributed by atoms with van der Waals surface area (Å²) in [6.07, 6.45) is 2.86. The van der Waals surface area contributed by atoms with Crippen LogP contribution in [0.2, 0.25) is 0 Å². The van der Waals surface area contributed by atoms with Crippen LogP contribution in [0.15, 0.2) is 72.9 Å². The van der Waals surface area contributed by atoms with Crippen LogP contribution in [0.5, 0.6) is 0 Å². The minimum absolute atomic E-state index is 0.0497. The highest BCUT2D eigenvalue weighted by molar-refractivity contribution is 5.89. The first kappa shape index (κ1) is 19.7. The van der Waals surface area contributed by atoms with Crippen LogP contribution in [-0.4, -0.2) is 21.5 Å². The molecule has 2 amide bonds. The second-order valence-electron chi connectivity index (χ2n) is 6.94. The minimum Gasteiger partial charge on any atom is -0.345 e. The molecule has 0 radical (unpaired) electrons. The second-order valence-corrected chi connectivity index (χ2v) is 6.94. The summed E-state index contributed by atoms with van der Waals surface area (Å²) in [6, 6.07) is 20.0. The highest BCUT2D eigenvalue weighted by Gasteiger charge is 2.21. The molecule has 28 heavy (non-hydrogen) atoms. The number of benzene rings is 2. The number of rotatable bonds is 7. The number of aromatic nitrogens is 1. The van der Waals surface area contributed by atoms with E-state index in [9.17, 15) is 9.18 Å². The summed E-state index contributed by atoms with van der Waals surface area (Å²) < 4.78 is 15.6. The average Bonchev–Trinajstić information content (AvgIpc) is 3.13. The van der Waals surface area contributed by atoms with E-state index in [1.165, 1.54) is 17.7 Å². The third-order valence-electron chi connectivity index (χ3n) is 4.91. The van der Waals surface area contributed by atoms with Gasteiger partial charge >= 0.3 is 6.03 Å². The quantitative estimate of drug-likeness (QED) is 0.578. The molecular weight excluding hydrogens is 353 g/mol. The molecule has 1 aromatic heterocycles. The van der Waals surface area contributed by atoms with Crippen LogP contribution in [0.4, 0.5) is 14.9 Å². The van der Waals surface area contributed by atoms with Crippen LogP contribution in [0, 0.1) is 5.82 Å². The zero-order chi connectivity index (χ0) is 19.9. The maximum atomic E-state index is 13.4. The van der Waals surface area contributed by atoms with E-state index in [0.717, 1.165) is 18.7 Å². The van der Waals surface area contributed by atoms with Crippen LogP contribution in [0.3, 0.4) is 0 Å². The van der Waals surface area contributed by atoms with Crippen LogP contribution < -0.4 is 5.32 Å². The fourth-order valence-corrected chi connectivity index (χ4v) is 3.11. The Kier molecular flexibility index (Phi) is 6.48. The largest absolute Gasteiger partial charge is 0.345 e. The summed E-state index contributed by atoms with van der Waals surface area (Å²) in [6.45, 7) is 5.31. The van der Waals surface area contributed by atoms with Gasteiger partial charge in [0, 0.05) is 30.2 Å². The lowest BCUT2D eigenvalue weighted by molar-refractivity contribution is 0.185. The van der Waals surface area contributed by atoms with Crippen molar-refractivity contribution in [2.75, 3.05) is 5.32 Å². The molecule has 146 valence electrons. The Bertz CT molecular complexity index is 907. The molecular formula is C23H26FN3O. The Morgan fingerprint density at radius 1 is 1.11 bits per heavy atom. The summed E-state index contributed by atoms with van der Waals surface area (Å²) in [5, 5.41) is 2.82. The summed E-state index contributed by atoms with van der Waals surface area (Å²) in [4.78, 5) is 14.7. The molecule has 1 unspecified atom stereocenters. The maximum absolute atomic E-state index is 13.4. The van der Waals surface area contributed by atoms with E-state index in [1.807, 2.05) is 43.5 Å². The number of urea groups is 1. The van der Waals surface area contributed by atoms with E-state index in [4.69, 9.17) is 0 Å². The van der Waals surface area contributed by atoms with E-state index in [1.54, 1.807) is 17.0 Å². The van der Waals surface area contributed by atoms with Gasteiger partial charge < -0.3 is 14.8 Å². The zero-order valence-corrected chi connectivity index (χ0v) is 16.3. The molecule has 3 aromatic rings. The van der Waals surface area contributed by atoms with Gasteiger partial charge in [-0.25, -0.2) is 9.18 Å². The molecule has 0 spiro atoms. The summed E-state index contributed by atoms with van der Waals surface area (Å²) >= 11 is 0. The summed E-state index contributed by atoms with van der Waals surface area (Å²) in [5.74, 6) is -0.371. The lowest BCUT2D eigenvalue weighted by Gasteiger charge is -2.29. The molecule has 0 aliphatic rings. The van der Waals surface area contributed by atoms with Crippen molar-refractivity contribution in [3.63, 3.8) is 0 Å². The lowest BCUT2D eigenvalue weighted by Crippen LogP contribution is -2.41. The number of carbonyl (C=O) groups excluding carboxylic acids is 1. The number of amides is 2. The van der Waals surface area contributed by atoms with E-state index in [-0.39, 0.29) is 17.9 Å². The number of hydrogen-bond donors (Lipinski definition) is 1. The van der Waals surface area contributed by atoms with Gasteiger partial charge in [-0.15, -0.1) is 0 Å². The Morgan fingerprint density at radius 3 is 2.61 bits per heavy atom. The van der Waals surface area contributed by atoms with Crippen molar-refractivity contribution in [1.82, 2.24) is 9.47 Å². The van der Waals surface area contributed by atoms with E-state index in [0.29, 0.717) is 12.2 Å². The first-order valence-electron chi connectivity index (χ1n) is 9.58. The molecule has 1 atom stereocenters. The van der Waals surface area contributed by atoms with Gasteiger partial charge in [0.15, 0.2) is 0 Å². The Morgan fingerprint density at radius 2 is 1.89 bits per heavy atom. The predicted molar refractivity (Wildman–Crippen MR) is 111 cm³/mol. The molecule has 0 fully saturated rings. The van der Waals surface area contributed by atoms with Crippen molar-refractivity contribution in [3.05, 3.63) is 90.0 Å². The van der Waals surface area contributed by atoms with Crippen LogP contribution in [0.1, 0.15) is 31.5 Å². The molecule has 0 aliphatic carbocycles. The number of nitrogens with one attached hydrogen (secondary N) is 1. The highest BCUT2D eigenvalue weighted by Crippen LogP contribution is 2.17. The number of hydrogen-bond acceptors (Lipinski definition) is 1. The molecule has 0 saturated carbocycles. The van der Waals surface area contributed by atoms with Gasteiger partial charge in [0.2, 0.25) is 0 Å². The van der Waals surface area contributed by atoms with Crippen molar-refractivity contribution in [3.8, 4) is 0 Å². The van der Waals surface area contributed by atoms with Crippen molar-refractivity contribution in [2.45, 2.75) is 39.4 Å². The standard InChI is InChI=1S/C23H26FN3O/c1-3-18(2)27(23(28)25-21-12-7-11-20(24)15-21)17-22-13-8-14-26(22)16-19-9-5-4-6-10-19/h4-15,18H,3,16-17H2,1-2H3,(H,25,28). The van der Waals surface area contributed by atoms with Gasteiger partial charge in [0.05, 0.1) is 6.54 Å². The normalized spacial score (nSPS) is 11.8. The maximum Gasteiger partial charge on any atom is 0.322 e. The SMILES string of the molecule is CCC(C)N(Cc1cccn1Cc1ccccc1)C(=O)Nc1cccc(F)c1. The van der Waals surface area contributed by atoms with Crippen molar-refractivity contribution in [1.29, 1.82) is 0 Å². The first-order valence-corrected chi connectivity index (χ1v) is 9.58. The fourth-order valence-electron chi connectivity index (χ4n) is 3.11. The molecule has 3 rings (SSSR count). The lowest BCUT2D eigenvalue weighted by atomic mass is 10.2. The fraction of sp³-hybridized carbons (Fsp3) is 0.261. The minimum atomic E-state index is -0.371. The van der Waals surface area contributed by atoms with Gasteiger partial charge in [-0.2, -0.15) is 0 Å². The van der Waals surface area contributed by atoms with Crippen LogP contribution >= 0.6 is 0 Å². The molecule has 0 bridgehead atoms. The first-order chi connectivity index (χ1) is 13.6. The summed E-state index contributed by atoms with van der Waals surface area (Å²) in [5.41, 5.74) is 2.72. The smallest absolute Gasteiger partial charge is 0.322 e. The van der Waals surface area contributed by atoms with Gasteiger partial charge in [0.1, 0.15) is 5.82 Å². The van der Waals surface area contributed by atoms with E-state index in [2.05, 4.69) is 28.9 Å². The Hall–Kier alpha value is -3.08. The Labute approximate surface area is 165 Å². The number of nitrogens with zero attached hydrogens (tertiary/aromatic N) is 2. The summed E-state index contributed by atoms with van der Waals surface area (Å²) in [7, 11) is 0. The molecule has 5 heteroatoms. The number of carbonyl (C=O) groups is 1. The van der Waals surface area contributed by atoms with Crippen LogP contribution in [-0.2, 0) is 13.1 Å². The van der Waals surface area contributed by atoms with E-state index >= 15 is 0 Å². The molecule has 4 nitrogen and oxygen atoms in total. The van der Waals surface area contributed by atoms with Crippen LogP contribution in [0.25, 0.3) is 0 Å². The second kappa shape index (κ2) is 9.22. The topological polar surface area (TPSA) is 37.3 Å². The van der Waals surface area contributed by atoms with Gasteiger partial charge in [-0.05, 0) is 49.2 Å². The highest BCUT2D eigenvalue weighted by atomic mass is 19.1. The van der Waals surface area contributed by atoms with E-state index < -0.39 is 0 Å². The number of halogens is 1. The predicted octanol–water partition coefficient (Wildman–Crippen LogP) is 5.51. The van der Waals surface area contributed by atoms with Crippen molar-refractivity contribution in [2.24, 2.45) is 0 Å². The third kappa shape index (κ3) is 5.00. The van der Waals surface area contributed by atoms with Gasteiger partial charge in [0.25, 0.3) is 0 Å². The van der Waals surface area contributed by atoms with Gasteiger partial charge in [-0.1, -0.05) is 43.3 Å². The average molecular weight is 379 g/mol. The van der Waals surface area contributed by atoms with Crippen molar-refractivity contribution >= 4 is 11.7 Å². The molecule has 0 aliphatic heterocycles. The molecule has 2 aromatic carbocycles. The molecule has 1 heterocycles. The third-order valence-corrected chi connectivity index (χ3v) is 4.91. The molecule has 0 saturated heterocycles. The van der Waals surface area contributed by atoms with Crippen molar-refractivity contribution < 1.29 is 9.18 Å². The number of anilines is 1. The molecule has 1 N–H and O–H groups in total. The monoisotopic (exact) mass is 379 g/mol. The van der Waals surface area contributed by atoms with Gasteiger partial charge in [-0.3, -0.25) is 0 Å². The Balaban J connectivity index is 1.76. The zero-order valence-electron chi connectivity index (χ0n) is 16.3.